The van der Waals surface area contributed by atoms with Crippen molar-refractivity contribution in [1.82, 2.24) is 0 Å². The maximum Gasteiger partial charge on any atom is 0.339 e. The van der Waals surface area contributed by atoms with Crippen molar-refractivity contribution in [2.24, 2.45) is 0 Å². The van der Waals surface area contributed by atoms with Crippen molar-refractivity contribution >= 4 is 11.9 Å². The highest BCUT2D eigenvalue weighted by atomic mass is 16.5. The molecule has 1 aromatic carbocycles. The number of esters is 2. The average molecular weight is 363 g/mol. The fourth-order valence-corrected chi connectivity index (χ4v) is 2.85. The first-order chi connectivity index (χ1) is 12.6. The van der Waals surface area contributed by atoms with Gasteiger partial charge >= 0.3 is 11.9 Å². The molecule has 1 aromatic rings. The van der Waals surface area contributed by atoms with Gasteiger partial charge in [-0.05, 0) is 31.4 Å². The fraction of sp³-hybridized carbons (Fsp3) is 0.636. The van der Waals surface area contributed by atoms with Gasteiger partial charge in [0.25, 0.3) is 0 Å². The average Bonchev–Trinajstić information content (AvgIpc) is 2.66. The highest BCUT2D eigenvalue weighted by molar-refractivity contribution is 6.03. The molecule has 0 aliphatic carbocycles. The Hall–Kier alpha value is -1.84. The SMILES string of the molecule is CCCCCCCCOC(=O)c1ccccc1C(=O)OC(CC)CCC. The molecule has 0 N–H and O–H groups in total. The molecule has 1 atom stereocenters. The lowest BCUT2D eigenvalue weighted by molar-refractivity contribution is 0.0262. The van der Waals surface area contributed by atoms with Gasteiger partial charge in [0.2, 0.25) is 0 Å². The Balaban J connectivity index is 2.56. The highest BCUT2D eigenvalue weighted by Crippen LogP contribution is 2.16. The summed E-state index contributed by atoms with van der Waals surface area (Å²) in [6, 6.07) is 6.73. The summed E-state index contributed by atoms with van der Waals surface area (Å²) in [6.45, 7) is 6.63. The zero-order valence-electron chi connectivity index (χ0n) is 16.6. The van der Waals surface area contributed by atoms with Crippen molar-refractivity contribution in [2.75, 3.05) is 6.61 Å². The Morgan fingerprint density at radius 2 is 1.46 bits per heavy atom. The van der Waals surface area contributed by atoms with Crippen LogP contribution in [0.3, 0.4) is 0 Å². The first-order valence-corrected chi connectivity index (χ1v) is 10.1. The summed E-state index contributed by atoms with van der Waals surface area (Å²) < 4.78 is 10.9. The summed E-state index contributed by atoms with van der Waals surface area (Å²) in [4.78, 5) is 24.8. The molecule has 1 rings (SSSR count). The Morgan fingerprint density at radius 3 is 2.08 bits per heavy atom. The van der Waals surface area contributed by atoms with Crippen LogP contribution in [-0.2, 0) is 9.47 Å². The quantitative estimate of drug-likeness (QED) is 0.322. The molecule has 1 unspecified atom stereocenters. The summed E-state index contributed by atoms with van der Waals surface area (Å²) in [5.74, 6) is -0.896. The number of unbranched alkanes of at least 4 members (excludes halogenated alkanes) is 5. The Morgan fingerprint density at radius 1 is 0.846 bits per heavy atom. The third kappa shape index (κ3) is 8.03. The molecular weight excluding hydrogens is 328 g/mol. The zero-order chi connectivity index (χ0) is 19.2. The molecule has 0 aromatic heterocycles. The topological polar surface area (TPSA) is 52.6 Å². The summed E-state index contributed by atoms with van der Waals surface area (Å²) in [5.41, 5.74) is 0.574. The maximum absolute atomic E-state index is 12.5. The number of hydrogen-bond acceptors (Lipinski definition) is 4. The molecule has 0 aliphatic rings. The number of benzene rings is 1. The predicted octanol–water partition coefficient (Wildman–Crippen LogP) is 5.94. The van der Waals surface area contributed by atoms with Gasteiger partial charge in [-0.3, -0.25) is 0 Å². The highest BCUT2D eigenvalue weighted by Gasteiger charge is 2.21. The van der Waals surface area contributed by atoms with Crippen LogP contribution < -0.4 is 0 Å². The van der Waals surface area contributed by atoms with E-state index < -0.39 is 11.9 Å². The first-order valence-electron chi connectivity index (χ1n) is 10.1. The van der Waals surface area contributed by atoms with Gasteiger partial charge in [-0.15, -0.1) is 0 Å². The number of rotatable bonds is 13. The molecule has 0 bridgehead atoms. The van der Waals surface area contributed by atoms with E-state index in [-0.39, 0.29) is 17.2 Å². The van der Waals surface area contributed by atoms with Crippen LogP contribution in [-0.4, -0.2) is 24.6 Å². The van der Waals surface area contributed by atoms with Crippen molar-refractivity contribution in [3.05, 3.63) is 35.4 Å². The van der Waals surface area contributed by atoms with E-state index in [2.05, 4.69) is 13.8 Å². The van der Waals surface area contributed by atoms with Crippen molar-refractivity contribution in [3.63, 3.8) is 0 Å². The van der Waals surface area contributed by atoms with Crippen LogP contribution in [0.1, 0.15) is 99.3 Å². The van der Waals surface area contributed by atoms with Gasteiger partial charge in [0.05, 0.1) is 17.7 Å². The molecule has 0 saturated heterocycles. The zero-order valence-corrected chi connectivity index (χ0v) is 16.6. The maximum atomic E-state index is 12.5. The van der Waals surface area contributed by atoms with Crippen LogP contribution in [0.4, 0.5) is 0 Å². The van der Waals surface area contributed by atoms with E-state index in [0.717, 1.165) is 32.1 Å². The largest absolute Gasteiger partial charge is 0.462 e. The van der Waals surface area contributed by atoms with Gasteiger partial charge in [-0.1, -0.05) is 71.4 Å². The third-order valence-corrected chi connectivity index (χ3v) is 4.44. The number of ether oxygens (including phenoxy) is 2. The number of carbonyl (C=O) groups is 2. The molecule has 0 radical (unpaired) electrons. The van der Waals surface area contributed by atoms with Gasteiger partial charge in [0, 0.05) is 0 Å². The van der Waals surface area contributed by atoms with Crippen LogP contribution in [0.5, 0.6) is 0 Å². The Labute approximate surface area is 158 Å². The third-order valence-electron chi connectivity index (χ3n) is 4.44. The summed E-state index contributed by atoms with van der Waals surface area (Å²) in [6.07, 6.45) is 9.23. The first kappa shape index (κ1) is 22.2. The van der Waals surface area contributed by atoms with Gasteiger partial charge in [-0.25, -0.2) is 9.59 Å². The van der Waals surface area contributed by atoms with Crippen molar-refractivity contribution in [3.8, 4) is 0 Å². The lowest BCUT2D eigenvalue weighted by Gasteiger charge is -2.16. The summed E-state index contributed by atoms with van der Waals surface area (Å²) >= 11 is 0. The van der Waals surface area contributed by atoms with Gasteiger partial charge < -0.3 is 9.47 Å². The van der Waals surface area contributed by atoms with Crippen LogP contribution in [0.15, 0.2) is 24.3 Å². The fourth-order valence-electron chi connectivity index (χ4n) is 2.85. The lowest BCUT2D eigenvalue weighted by atomic mass is 10.1. The lowest BCUT2D eigenvalue weighted by Crippen LogP contribution is -2.20. The standard InChI is InChI=1S/C22H34O4/c1-4-7-8-9-10-13-17-25-21(23)19-15-11-12-16-20(19)22(24)26-18(6-3)14-5-2/h11-12,15-16,18H,4-10,13-14,17H2,1-3H3. The Bertz CT molecular complexity index is 539. The van der Waals surface area contributed by atoms with Crippen molar-refractivity contribution < 1.29 is 19.1 Å². The van der Waals surface area contributed by atoms with Crippen molar-refractivity contribution in [1.29, 1.82) is 0 Å². The molecule has 26 heavy (non-hydrogen) atoms. The van der Waals surface area contributed by atoms with E-state index in [0.29, 0.717) is 6.61 Å². The summed E-state index contributed by atoms with van der Waals surface area (Å²) in [5, 5.41) is 0. The molecular formula is C22H34O4. The number of carbonyl (C=O) groups excluding carboxylic acids is 2. The van der Waals surface area contributed by atoms with E-state index in [1.165, 1.54) is 25.7 Å². The molecule has 0 fully saturated rings. The minimum Gasteiger partial charge on any atom is -0.462 e. The van der Waals surface area contributed by atoms with E-state index in [1.807, 2.05) is 6.92 Å². The second kappa shape index (κ2) is 13.4. The second-order valence-electron chi connectivity index (χ2n) is 6.67. The predicted molar refractivity (Wildman–Crippen MR) is 105 cm³/mol. The van der Waals surface area contributed by atoms with Crippen LogP contribution in [0.25, 0.3) is 0 Å². The monoisotopic (exact) mass is 362 g/mol. The van der Waals surface area contributed by atoms with E-state index in [9.17, 15) is 9.59 Å². The van der Waals surface area contributed by atoms with Crippen LogP contribution in [0.2, 0.25) is 0 Å². The van der Waals surface area contributed by atoms with Crippen molar-refractivity contribution in [2.45, 2.75) is 84.7 Å². The second-order valence-corrected chi connectivity index (χ2v) is 6.67. The minimum absolute atomic E-state index is 0.111. The normalized spacial score (nSPS) is 11.8. The number of hydrogen-bond donors (Lipinski definition) is 0. The molecule has 4 heteroatoms. The molecule has 0 spiro atoms. The molecule has 0 saturated carbocycles. The van der Waals surface area contributed by atoms with E-state index in [1.54, 1.807) is 24.3 Å². The van der Waals surface area contributed by atoms with E-state index in [4.69, 9.17) is 9.47 Å². The van der Waals surface area contributed by atoms with Gasteiger partial charge in [0.1, 0.15) is 6.10 Å². The van der Waals surface area contributed by atoms with Gasteiger partial charge in [-0.2, -0.15) is 0 Å². The van der Waals surface area contributed by atoms with Gasteiger partial charge in [0.15, 0.2) is 0 Å². The minimum atomic E-state index is -0.449. The molecule has 0 heterocycles. The van der Waals surface area contributed by atoms with Crippen LogP contribution >= 0.6 is 0 Å². The molecule has 0 aliphatic heterocycles. The smallest absolute Gasteiger partial charge is 0.339 e. The molecule has 0 amide bonds. The molecule has 146 valence electrons. The van der Waals surface area contributed by atoms with E-state index >= 15 is 0 Å². The molecule has 4 nitrogen and oxygen atoms in total. The Kier molecular flexibility index (Phi) is 11.4. The summed E-state index contributed by atoms with van der Waals surface area (Å²) in [7, 11) is 0. The van der Waals surface area contributed by atoms with Crippen LogP contribution in [0, 0.1) is 0 Å².